The average molecular weight is 441 g/mol. The number of aromatic nitrogens is 6. The van der Waals surface area contributed by atoms with Crippen molar-refractivity contribution in [3.05, 3.63) is 42.6 Å². The van der Waals surface area contributed by atoms with Gasteiger partial charge in [0.1, 0.15) is 17.4 Å². The van der Waals surface area contributed by atoms with Crippen LogP contribution in [0, 0.1) is 0 Å². The molecule has 0 bridgehead atoms. The summed E-state index contributed by atoms with van der Waals surface area (Å²) in [5.74, 6) is 0.200. The molecule has 1 fully saturated rings. The van der Waals surface area contributed by atoms with Gasteiger partial charge in [0.2, 0.25) is 0 Å². The normalized spacial score (nSPS) is 15.6. The summed E-state index contributed by atoms with van der Waals surface area (Å²) in [6.45, 7) is 3.03. The van der Waals surface area contributed by atoms with Crippen LogP contribution in [-0.4, -0.2) is 48.8 Å². The van der Waals surface area contributed by atoms with Crippen LogP contribution in [0.3, 0.4) is 0 Å². The smallest absolute Gasteiger partial charge is 0.370 e. The summed E-state index contributed by atoms with van der Waals surface area (Å²) >= 11 is 0. The molecule has 1 aliphatic rings. The van der Waals surface area contributed by atoms with Crippen molar-refractivity contribution in [2.24, 2.45) is 7.05 Å². The van der Waals surface area contributed by atoms with E-state index in [9.17, 15) is 13.2 Å². The number of benzene rings is 1. The van der Waals surface area contributed by atoms with Gasteiger partial charge in [0.05, 0.1) is 17.4 Å². The Morgan fingerprint density at radius 2 is 1.75 bits per heavy atom. The van der Waals surface area contributed by atoms with Crippen LogP contribution >= 0.6 is 0 Å². The van der Waals surface area contributed by atoms with Gasteiger partial charge in [0, 0.05) is 25.5 Å². The molecular weight excluding hydrogens is 419 g/mol. The van der Waals surface area contributed by atoms with E-state index in [0.717, 1.165) is 48.7 Å². The first kappa shape index (κ1) is 20.5. The highest BCUT2D eigenvalue weighted by Crippen LogP contribution is 2.35. The molecule has 0 aliphatic carbocycles. The summed E-state index contributed by atoms with van der Waals surface area (Å²) in [6.07, 6.45) is -0.476. The van der Waals surface area contributed by atoms with Crippen LogP contribution in [-0.2, 0) is 7.05 Å². The number of hydrogen-bond acceptors (Lipinski definition) is 5. The van der Waals surface area contributed by atoms with Crippen molar-refractivity contribution in [1.82, 2.24) is 29.5 Å². The van der Waals surface area contributed by atoms with Gasteiger partial charge in [-0.2, -0.15) is 18.3 Å². The minimum absolute atomic E-state index is 0.0621. The Morgan fingerprint density at radius 3 is 2.44 bits per heavy atom. The quantitative estimate of drug-likeness (QED) is 0.463. The standard InChI is InChI=1S/C22H22F3N7/c1-14(22(23,24)25)32-21(19-16-7-3-4-8-18(16)30(2)28-19)27-20(29-32)17-10-9-15(13-26-17)31-11-5-6-12-31/h3-4,7-10,13-14H,5-6,11-12H2,1-2H3. The molecule has 0 spiro atoms. The van der Waals surface area contributed by atoms with Crippen LogP contribution in [0.4, 0.5) is 18.9 Å². The van der Waals surface area contributed by atoms with Crippen molar-refractivity contribution in [1.29, 1.82) is 0 Å². The maximum atomic E-state index is 13.7. The number of alkyl halides is 3. The molecule has 1 unspecified atom stereocenters. The van der Waals surface area contributed by atoms with Gasteiger partial charge in [0.15, 0.2) is 11.6 Å². The molecule has 32 heavy (non-hydrogen) atoms. The number of rotatable bonds is 4. The Bertz CT molecular complexity index is 1250. The summed E-state index contributed by atoms with van der Waals surface area (Å²) in [4.78, 5) is 11.2. The molecule has 10 heteroatoms. The molecule has 4 aromatic rings. The van der Waals surface area contributed by atoms with Crippen molar-refractivity contribution in [3.8, 4) is 23.0 Å². The summed E-state index contributed by atoms with van der Waals surface area (Å²) in [5.41, 5.74) is 2.56. The summed E-state index contributed by atoms with van der Waals surface area (Å²) in [6, 6.07) is 9.15. The average Bonchev–Trinajstić information content (AvgIpc) is 3.52. The number of hydrogen-bond donors (Lipinski definition) is 0. The van der Waals surface area contributed by atoms with Gasteiger partial charge in [-0.15, -0.1) is 5.10 Å². The van der Waals surface area contributed by atoms with Gasteiger partial charge in [-0.05, 0) is 38.0 Å². The molecule has 0 radical (unpaired) electrons. The fourth-order valence-corrected chi connectivity index (χ4v) is 4.06. The first-order chi connectivity index (χ1) is 15.3. The van der Waals surface area contributed by atoms with E-state index in [-0.39, 0.29) is 11.6 Å². The summed E-state index contributed by atoms with van der Waals surface area (Å²) in [7, 11) is 1.75. The number of fused-ring (bicyclic) bond motifs is 1. The Balaban J connectivity index is 1.62. The van der Waals surface area contributed by atoms with Gasteiger partial charge in [-0.3, -0.25) is 9.67 Å². The van der Waals surface area contributed by atoms with E-state index in [1.54, 1.807) is 24.0 Å². The van der Waals surface area contributed by atoms with Crippen LogP contribution in [0.15, 0.2) is 42.6 Å². The summed E-state index contributed by atoms with van der Waals surface area (Å²) in [5, 5.41) is 9.39. The van der Waals surface area contributed by atoms with Crippen molar-refractivity contribution in [2.45, 2.75) is 32.0 Å². The zero-order valence-electron chi connectivity index (χ0n) is 17.7. The van der Waals surface area contributed by atoms with Gasteiger partial charge in [-0.25, -0.2) is 9.67 Å². The number of pyridine rings is 1. The van der Waals surface area contributed by atoms with Gasteiger partial charge in [0.25, 0.3) is 0 Å². The molecule has 7 nitrogen and oxygen atoms in total. The second kappa shape index (κ2) is 7.61. The highest BCUT2D eigenvalue weighted by molar-refractivity contribution is 5.91. The zero-order chi connectivity index (χ0) is 22.5. The number of halogens is 3. The lowest BCUT2D eigenvalue weighted by atomic mass is 10.2. The van der Waals surface area contributed by atoms with Crippen molar-refractivity contribution in [3.63, 3.8) is 0 Å². The Hall–Kier alpha value is -3.43. The van der Waals surface area contributed by atoms with E-state index in [1.165, 1.54) is 0 Å². The summed E-state index contributed by atoms with van der Waals surface area (Å²) < 4.78 is 43.5. The van der Waals surface area contributed by atoms with Crippen molar-refractivity contribution in [2.75, 3.05) is 18.0 Å². The van der Waals surface area contributed by atoms with Gasteiger partial charge >= 0.3 is 6.18 Å². The highest BCUT2D eigenvalue weighted by atomic mass is 19.4. The second-order valence-corrected chi connectivity index (χ2v) is 8.01. The van der Waals surface area contributed by atoms with Crippen molar-refractivity contribution >= 4 is 16.6 Å². The number of nitrogens with zero attached hydrogens (tertiary/aromatic N) is 7. The SMILES string of the molecule is CC(n1nc(-c2ccc(N3CCCC3)cn2)nc1-c1nn(C)c2ccccc12)C(F)(F)F. The lowest BCUT2D eigenvalue weighted by Crippen LogP contribution is -2.25. The fraction of sp³-hybridized carbons (Fsp3) is 0.364. The molecule has 0 amide bonds. The number of aryl methyl sites for hydroxylation is 1. The molecule has 4 heterocycles. The largest absolute Gasteiger partial charge is 0.410 e. The van der Waals surface area contributed by atoms with Gasteiger partial charge < -0.3 is 4.90 Å². The molecule has 166 valence electrons. The second-order valence-electron chi connectivity index (χ2n) is 8.01. The van der Waals surface area contributed by atoms with E-state index in [0.29, 0.717) is 16.8 Å². The third-order valence-electron chi connectivity index (χ3n) is 5.89. The molecule has 3 aromatic heterocycles. The number of para-hydroxylation sites is 1. The Labute approximate surface area is 182 Å². The fourth-order valence-electron chi connectivity index (χ4n) is 4.06. The third kappa shape index (κ3) is 3.49. The molecule has 1 saturated heterocycles. The number of anilines is 1. The molecule has 1 aliphatic heterocycles. The lowest BCUT2D eigenvalue weighted by Gasteiger charge is -2.17. The first-order valence-electron chi connectivity index (χ1n) is 10.5. The predicted molar refractivity (Wildman–Crippen MR) is 115 cm³/mol. The van der Waals surface area contributed by atoms with E-state index >= 15 is 0 Å². The maximum absolute atomic E-state index is 13.7. The Morgan fingerprint density at radius 1 is 1.00 bits per heavy atom. The van der Waals surface area contributed by atoms with Crippen LogP contribution in [0.5, 0.6) is 0 Å². The first-order valence-corrected chi connectivity index (χ1v) is 10.5. The van der Waals surface area contributed by atoms with E-state index in [2.05, 4.69) is 25.1 Å². The minimum Gasteiger partial charge on any atom is -0.370 e. The molecular formula is C22H22F3N7. The topological polar surface area (TPSA) is 64.7 Å². The van der Waals surface area contributed by atoms with Crippen LogP contribution in [0.2, 0.25) is 0 Å². The van der Waals surface area contributed by atoms with E-state index in [4.69, 9.17) is 0 Å². The molecule has 1 aromatic carbocycles. The zero-order valence-corrected chi connectivity index (χ0v) is 17.7. The molecule has 0 N–H and O–H groups in total. The molecule has 1 atom stereocenters. The molecule has 5 rings (SSSR count). The lowest BCUT2D eigenvalue weighted by molar-refractivity contribution is -0.165. The third-order valence-corrected chi connectivity index (χ3v) is 5.89. The van der Waals surface area contributed by atoms with E-state index < -0.39 is 12.2 Å². The van der Waals surface area contributed by atoms with Crippen molar-refractivity contribution < 1.29 is 13.2 Å². The van der Waals surface area contributed by atoms with Crippen LogP contribution in [0.25, 0.3) is 33.9 Å². The predicted octanol–water partition coefficient (Wildman–Crippen LogP) is 4.62. The maximum Gasteiger partial charge on any atom is 0.410 e. The molecule has 0 saturated carbocycles. The minimum atomic E-state index is -4.49. The van der Waals surface area contributed by atoms with Gasteiger partial charge in [-0.1, -0.05) is 18.2 Å². The van der Waals surface area contributed by atoms with E-state index in [1.807, 2.05) is 30.3 Å². The highest BCUT2D eigenvalue weighted by Gasteiger charge is 2.40. The monoisotopic (exact) mass is 441 g/mol. The van der Waals surface area contributed by atoms with Crippen LogP contribution in [0.1, 0.15) is 25.8 Å². The Kier molecular flexibility index (Phi) is 4.87. The van der Waals surface area contributed by atoms with Crippen LogP contribution < -0.4 is 4.90 Å².